The number of hydrogen-bond acceptors (Lipinski definition) is 4. The van der Waals surface area contributed by atoms with E-state index in [4.69, 9.17) is 0 Å². The standard InChI is InChI=1S/C30H8F30S4/c31-17(32,19(35,36)21(39,40)23(43,44)25(47,48)27(51,52)29(55,56)57)9-5-7-61-15(9)13-3-1-11(63-13)12-2-4-14(64-12)16-10(6-8-62-16)18(33,34)20(37,38)22(41,42)24(45,46)26(49,50)28(53,54)30(58,59)60/h1-8H. The molecule has 4 aromatic rings. The molecule has 4 aromatic heterocycles. The van der Waals surface area contributed by atoms with Crippen LogP contribution in [0.2, 0.25) is 0 Å². The number of thiophene rings is 4. The molecule has 362 valence electrons. The van der Waals surface area contributed by atoms with Gasteiger partial charge in [-0.1, -0.05) is 0 Å². The van der Waals surface area contributed by atoms with Crippen LogP contribution >= 0.6 is 45.3 Å². The van der Waals surface area contributed by atoms with Crippen LogP contribution in [0.4, 0.5) is 132 Å². The van der Waals surface area contributed by atoms with Gasteiger partial charge in [-0.25, -0.2) is 0 Å². The second-order valence-electron chi connectivity index (χ2n) is 12.5. The minimum absolute atomic E-state index is 0.0477. The lowest BCUT2D eigenvalue weighted by atomic mass is 9.88. The Hall–Kier alpha value is -3.30. The third kappa shape index (κ3) is 7.03. The molecule has 0 N–H and O–H groups in total. The van der Waals surface area contributed by atoms with Gasteiger partial charge in [0, 0.05) is 30.6 Å². The summed E-state index contributed by atoms with van der Waals surface area (Å²) >= 11 is -0.219. The summed E-state index contributed by atoms with van der Waals surface area (Å²) in [6.07, 6.45) is -15.7. The van der Waals surface area contributed by atoms with E-state index in [1.54, 1.807) is 0 Å². The molecule has 0 nitrogen and oxygen atoms in total. The van der Waals surface area contributed by atoms with Crippen molar-refractivity contribution in [1.82, 2.24) is 0 Å². The Bertz CT molecular complexity index is 2150. The van der Waals surface area contributed by atoms with Gasteiger partial charge in [0.25, 0.3) is 0 Å². The highest BCUT2D eigenvalue weighted by Gasteiger charge is 2.95. The maximum absolute atomic E-state index is 15.1. The zero-order valence-electron chi connectivity index (χ0n) is 28.6. The van der Waals surface area contributed by atoms with Gasteiger partial charge in [-0.05, 0) is 47.2 Å². The van der Waals surface area contributed by atoms with Gasteiger partial charge in [0.1, 0.15) is 0 Å². The summed E-state index contributed by atoms with van der Waals surface area (Å²) in [7, 11) is 0. The van der Waals surface area contributed by atoms with E-state index in [1.165, 1.54) is 0 Å². The molecule has 0 aliphatic carbocycles. The molecule has 4 heterocycles. The van der Waals surface area contributed by atoms with Crippen molar-refractivity contribution < 1.29 is 132 Å². The second kappa shape index (κ2) is 15.1. The lowest BCUT2D eigenvalue weighted by Gasteiger charge is -2.41. The first-order valence-electron chi connectivity index (χ1n) is 15.2. The summed E-state index contributed by atoms with van der Waals surface area (Å²) in [5, 5.41) is 0.632. The van der Waals surface area contributed by atoms with Crippen molar-refractivity contribution >= 4 is 45.3 Å². The van der Waals surface area contributed by atoms with Crippen molar-refractivity contribution in [3.63, 3.8) is 0 Å². The van der Waals surface area contributed by atoms with Gasteiger partial charge in [-0.15, -0.1) is 45.3 Å². The molecule has 0 bridgehead atoms. The fourth-order valence-corrected chi connectivity index (χ4v) is 9.20. The number of halogens is 30. The first kappa shape index (κ1) is 53.3. The van der Waals surface area contributed by atoms with E-state index in [0.29, 0.717) is 22.9 Å². The lowest BCUT2D eigenvalue weighted by molar-refractivity contribution is -0.453. The predicted molar refractivity (Wildman–Crippen MR) is 164 cm³/mol. The summed E-state index contributed by atoms with van der Waals surface area (Å²) in [6.45, 7) is 0. The van der Waals surface area contributed by atoms with Crippen LogP contribution in [0, 0.1) is 0 Å². The molecule has 0 radical (unpaired) electrons. The van der Waals surface area contributed by atoms with E-state index in [1.807, 2.05) is 0 Å². The van der Waals surface area contributed by atoms with Crippen LogP contribution in [0.3, 0.4) is 0 Å². The van der Waals surface area contributed by atoms with E-state index in [2.05, 4.69) is 0 Å². The molecular weight excluding hydrogens is 1060 g/mol. The van der Waals surface area contributed by atoms with Crippen LogP contribution in [0.15, 0.2) is 47.2 Å². The predicted octanol–water partition coefficient (Wildman–Crippen LogP) is 16.6. The highest BCUT2D eigenvalue weighted by molar-refractivity contribution is 7.28. The van der Waals surface area contributed by atoms with Crippen LogP contribution < -0.4 is 0 Å². The molecule has 0 aliphatic rings. The summed E-state index contributed by atoms with van der Waals surface area (Å²) in [5.74, 6) is -97.3. The summed E-state index contributed by atoms with van der Waals surface area (Å²) in [6, 6.07) is 2.14. The zero-order chi connectivity index (χ0) is 50.1. The molecule has 0 atom stereocenters. The maximum Gasteiger partial charge on any atom is 0.460 e. The van der Waals surface area contributed by atoms with Crippen LogP contribution in [-0.2, 0) is 11.8 Å². The van der Waals surface area contributed by atoms with E-state index >= 15 is 17.6 Å². The highest BCUT2D eigenvalue weighted by atomic mass is 32.1. The number of hydrogen-bond donors (Lipinski definition) is 0. The van der Waals surface area contributed by atoms with Gasteiger partial charge in [0.15, 0.2) is 0 Å². The van der Waals surface area contributed by atoms with Crippen molar-refractivity contribution in [1.29, 1.82) is 0 Å². The molecule has 0 saturated carbocycles. The molecule has 0 aromatic carbocycles. The SMILES string of the molecule is FC(F)(F)C(F)(F)C(F)(F)C(F)(F)C(F)(F)C(F)(F)C(F)(F)c1ccsc1-c1ccc(-c2ccc(-c3sccc3C(F)(F)C(F)(F)C(F)(F)C(F)(F)C(F)(F)C(F)(F)C(F)(F)F)s2)s1. The van der Waals surface area contributed by atoms with Crippen LogP contribution in [0.25, 0.3) is 29.3 Å². The summed E-state index contributed by atoms with van der Waals surface area (Å²) < 4.78 is 415. The van der Waals surface area contributed by atoms with E-state index in [0.717, 1.165) is 12.1 Å². The summed E-state index contributed by atoms with van der Waals surface area (Å²) in [5.41, 5.74) is -4.98. The van der Waals surface area contributed by atoms with Crippen molar-refractivity contribution in [3.05, 3.63) is 58.3 Å². The van der Waals surface area contributed by atoms with Crippen LogP contribution in [-0.4, -0.2) is 71.6 Å². The molecule has 4 rings (SSSR count). The molecule has 34 heteroatoms. The van der Waals surface area contributed by atoms with Gasteiger partial charge in [-0.2, -0.15) is 132 Å². The largest absolute Gasteiger partial charge is 0.460 e. The van der Waals surface area contributed by atoms with Crippen molar-refractivity contribution in [2.75, 3.05) is 0 Å². The van der Waals surface area contributed by atoms with Crippen molar-refractivity contribution in [2.24, 2.45) is 0 Å². The van der Waals surface area contributed by atoms with Gasteiger partial charge >= 0.3 is 83.4 Å². The highest BCUT2D eigenvalue weighted by Crippen LogP contribution is 2.67. The number of alkyl halides is 30. The van der Waals surface area contributed by atoms with E-state index in [9.17, 15) is 114 Å². The quantitative estimate of drug-likeness (QED) is 0.104. The van der Waals surface area contributed by atoms with Crippen molar-refractivity contribution in [3.8, 4) is 29.3 Å². The first-order valence-corrected chi connectivity index (χ1v) is 18.6. The molecule has 64 heavy (non-hydrogen) atoms. The Labute approximate surface area is 347 Å². The van der Waals surface area contributed by atoms with Gasteiger partial charge in [-0.3, -0.25) is 0 Å². The molecule has 0 aliphatic heterocycles. The third-order valence-electron chi connectivity index (χ3n) is 8.56. The fourth-order valence-electron chi connectivity index (χ4n) is 4.95. The minimum atomic E-state index is -8.60. The molecule has 0 unspecified atom stereocenters. The van der Waals surface area contributed by atoms with E-state index < -0.39 is 124 Å². The Balaban J connectivity index is 1.72. The normalized spacial score (nSPS) is 15.7. The van der Waals surface area contributed by atoms with E-state index in [-0.39, 0.29) is 57.5 Å². The molecule has 0 saturated heterocycles. The zero-order valence-corrected chi connectivity index (χ0v) is 31.9. The second-order valence-corrected chi connectivity index (χ2v) is 16.5. The Morgan fingerprint density at radius 3 is 0.719 bits per heavy atom. The smallest absolute Gasteiger partial charge is 0.194 e. The van der Waals surface area contributed by atoms with Crippen LogP contribution in [0.1, 0.15) is 11.1 Å². The lowest BCUT2D eigenvalue weighted by Crippen LogP contribution is -2.72. The first-order chi connectivity index (χ1) is 28.1. The van der Waals surface area contributed by atoms with Crippen LogP contribution in [0.5, 0.6) is 0 Å². The van der Waals surface area contributed by atoms with Gasteiger partial charge < -0.3 is 0 Å². The van der Waals surface area contributed by atoms with Crippen molar-refractivity contribution in [2.45, 2.75) is 83.4 Å². The molecular formula is C30H8F30S4. The van der Waals surface area contributed by atoms with Gasteiger partial charge in [0.05, 0.1) is 9.75 Å². The third-order valence-corrected chi connectivity index (χ3v) is 13.1. The number of rotatable bonds is 15. The topological polar surface area (TPSA) is 0 Å². The molecule has 0 amide bonds. The monoisotopic (exact) mass is 1070 g/mol. The van der Waals surface area contributed by atoms with Gasteiger partial charge in [0.2, 0.25) is 0 Å². The summed E-state index contributed by atoms with van der Waals surface area (Å²) in [4.78, 5) is -5.28. The Kier molecular flexibility index (Phi) is 12.6. The Morgan fingerprint density at radius 1 is 0.250 bits per heavy atom. The molecule has 0 spiro atoms. The Morgan fingerprint density at radius 2 is 0.469 bits per heavy atom. The minimum Gasteiger partial charge on any atom is -0.194 e. The molecule has 0 fully saturated rings. The average Bonchev–Trinajstić information content (AvgIpc) is 3.95. The fraction of sp³-hybridized carbons (Fsp3) is 0.467. The average molecular weight is 1070 g/mol. The maximum atomic E-state index is 15.1.